The summed E-state index contributed by atoms with van der Waals surface area (Å²) in [5.74, 6) is 0.235. The van der Waals surface area contributed by atoms with Gasteiger partial charge in [-0.1, -0.05) is 13.8 Å². The number of amides is 1. The number of rotatable bonds is 5. The predicted molar refractivity (Wildman–Crippen MR) is 104 cm³/mol. The van der Waals surface area contributed by atoms with Crippen LogP contribution in [0.5, 0.6) is 0 Å². The van der Waals surface area contributed by atoms with Gasteiger partial charge in [-0.2, -0.15) is 0 Å². The van der Waals surface area contributed by atoms with Crippen LogP contribution in [0.25, 0.3) is 5.65 Å². The van der Waals surface area contributed by atoms with E-state index in [1.54, 1.807) is 22.7 Å². The van der Waals surface area contributed by atoms with Gasteiger partial charge < -0.3 is 15.7 Å². The molecule has 3 aromatic heterocycles. The minimum absolute atomic E-state index is 0.00381. The minimum atomic E-state index is -0.747. The maximum Gasteiger partial charge on any atom is 0.253 e. The minimum Gasteiger partial charge on any atom is -0.385 e. The lowest BCUT2D eigenvalue weighted by atomic mass is 10.1. The van der Waals surface area contributed by atoms with E-state index in [9.17, 15) is 9.90 Å². The van der Waals surface area contributed by atoms with Gasteiger partial charge in [0.15, 0.2) is 11.5 Å². The van der Waals surface area contributed by atoms with Gasteiger partial charge in [0, 0.05) is 44.1 Å². The van der Waals surface area contributed by atoms with Gasteiger partial charge in [-0.15, -0.1) is 10.2 Å². The van der Waals surface area contributed by atoms with Crippen molar-refractivity contribution in [2.45, 2.75) is 39.5 Å². The molecule has 8 nitrogen and oxygen atoms in total. The van der Waals surface area contributed by atoms with Crippen LogP contribution in [0.15, 0.2) is 30.6 Å². The molecular weight excluding hydrogens is 356 g/mol. The normalized spacial score (nSPS) is 14.9. The second-order valence-electron chi connectivity index (χ2n) is 7.45. The Morgan fingerprint density at radius 3 is 3.04 bits per heavy atom. The molecule has 1 unspecified atom stereocenters. The van der Waals surface area contributed by atoms with Gasteiger partial charge in [0.05, 0.1) is 5.56 Å². The summed E-state index contributed by atoms with van der Waals surface area (Å²) in [6.45, 7) is 5.99. The van der Waals surface area contributed by atoms with Gasteiger partial charge in [-0.05, 0) is 35.2 Å². The summed E-state index contributed by atoms with van der Waals surface area (Å²) in [6, 6.07) is 5.53. The molecule has 1 aliphatic heterocycles. The molecule has 0 fully saturated rings. The quantitative estimate of drug-likeness (QED) is 0.618. The highest BCUT2D eigenvalue weighted by Crippen LogP contribution is 2.20. The summed E-state index contributed by atoms with van der Waals surface area (Å²) in [7, 11) is 0. The van der Waals surface area contributed by atoms with Gasteiger partial charge >= 0.3 is 0 Å². The lowest BCUT2D eigenvalue weighted by Gasteiger charge is -2.17. The maximum atomic E-state index is 12.6. The fraction of sp³-hybridized carbons (Fsp3) is 0.400. The molecule has 0 spiro atoms. The van der Waals surface area contributed by atoms with Gasteiger partial charge in [-0.3, -0.25) is 14.2 Å². The number of aliphatic hydroxyl groups excluding tert-OH is 1. The highest BCUT2D eigenvalue weighted by molar-refractivity contribution is 5.94. The van der Waals surface area contributed by atoms with Crippen LogP contribution in [-0.4, -0.2) is 37.1 Å². The fourth-order valence-electron chi connectivity index (χ4n) is 3.32. The fourth-order valence-corrected chi connectivity index (χ4v) is 3.32. The molecule has 0 radical (unpaired) electrons. The van der Waals surface area contributed by atoms with Crippen LogP contribution in [0, 0.1) is 5.92 Å². The molecular formula is C20H24N6O2. The third-order valence-corrected chi connectivity index (χ3v) is 5.01. The second-order valence-corrected chi connectivity index (χ2v) is 7.45. The summed E-state index contributed by atoms with van der Waals surface area (Å²) < 4.78 is 1.67. The number of carbonyl (C=O) groups excluding carboxylic acids is 1. The Kier molecular flexibility index (Phi) is 5.06. The van der Waals surface area contributed by atoms with E-state index >= 15 is 0 Å². The summed E-state index contributed by atoms with van der Waals surface area (Å²) in [4.78, 5) is 17.1. The molecule has 4 rings (SSSR count). The molecule has 28 heavy (non-hydrogen) atoms. The monoisotopic (exact) mass is 380 g/mol. The summed E-state index contributed by atoms with van der Waals surface area (Å²) in [5, 5.41) is 24.7. The van der Waals surface area contributed by atoms with Gasteiger partial charge in [0.25, 0.3) is 5.91 Å². The first kappa shape index (κ1) is 18.5. The molecule has 8 heteroatoms. The molecule has 146 valence electrons. The average molecular weight is 380 g/mol. The first-order chi connectivity index (χ1) is 13.5. The Morgan fingerprint density at radius 2 is 2.21 bits per heavy atom. The van der Waals surface area contributed by atoms with E-state index in [0.29, 0.717) is 23.6 Å². The van der Waals surface area contributed by atoms with E-state index in [4.69, 9.17) is 0 Å². The summed E-state index contributed by atoms with van der Waals surface area (Å²) >= 11 is 0. The highest BCUT2D eigenvalue weighted by Gasteiger charge is 2.19. The van der Waals surface area contributed by atoms with E-state index in [1.165, 1.54) is 5.56 Å². The van der Waals surface area contributed by atoms with Crippen molar-refractivity contribution in [3.8, 4) is 0 Å². The molecule has 0 saturated carbocycles. The van der Waals surface area contributed by atoms with Gasteiger partial charge in [-0.25, -0.2) is 0 Å². The zero-order valence-corrected chi connectivity index (χ0v) is 16.0. The highest BCUT2D eigenvalue weighted by atomic mass is 16.3. The van der Waals surface area contributed by atoms with Crippen LogP contribution >= 0.6 is 0 Å². The molecule has 1 aliphatic rings. The largest absolute Gasteiger partial charge is 0.385 e. The van der Waals surface area contributed by atoms with Crippen LogP contribution in [0.2, 0.25) is 0 Å². The van der Waals surface area contributed by atoms with Crippen LogP contribution in [-0.2, 0) is 19.5 Å². The predicted octanol–water partition coefficient (Wildman–Crippen LogP) is 1.39. The average Bonchev–Trinajstić information content (AvgIpc) is 3.14. The molecule has 1 atom stereocenters. The molecule has 3 aromatic rings. The van der Waals surface area contributed by atoms with Crippen molar-refractivity contribution in [1.29, 1.82) is 0 Å². The molecule has 3 N–H and O–H groups in total. The number of nitrogens with zero attached hydrogens (tertiary/aromatic N) is 4. The maximum absolute atomic E-state index is 12.6. The van der Waals surface area contributed by atoms with E-state index in [2.05, 4.69) is 31.9 Å². The number of fused-ring (bicyclic) bond motifs is 2. The Labute approximate surface area is 163 Å². The lowest BCUT2D eigenvalue weighted by molar-refractivity contribution is 0.0949. The van der Waals surface area contributed by atoms with E-state index in [-0.39, 0.29) is 11.8 Å². The van der Waals surface area contributed by atoms with Crippen molar-refractivity contribution in [2.75, 3.05) is 6.54 Å². The number of aliphatic hydroxyl groups is 1. The van der Waals surface area contributed by atoms with Crippen LogP contribution in [0.3, 0.4) is 0 Å². The van der Waals surface area contributed by atoms with Crippen molar-refractivity contribution >= 4 is 11.6 Å². The molecule has 0 aromatic carbocycles. The number of nitrogens with one attached hydrogen (secondary N) is 2. The van der Waals surface area contributed by atoms with Crippen LogP contribution in [0.1, 0.15) is 53.0 Å². The van der Waals surface area contributed by atoms with Crippen molar-refractivity contribution in [3.63, 3.8) is 0 Å². The Hall–Kier alpha value is -2.84. The molecule has 0 bridgehead atoms. The zero-order valence-electron chi connectivity index (χ0n) is 16.0. The topological polar surface area (TPSA) is 104 Å². The van der Waals surface area contributed by atoms with Crippen LogP contribution < -0.4 is 10.6 Å². The Balaban J connectivity index is 1.50. The SMILES string of the molecule is CC(C)C(O)c1nnc2ccc(C(=O)NCc3cnc4c(c3)CNCC4)cn12. The number of carbonyl (C=O) groups is 1. The van der Waals surface area contributed by atoms with Gasteiger partial charge in [0.1, 0.15) is 6.10 Å². The number of pyridine rings is 2. The van der Waals surface area contributed by atoms with E-state index in [1.807, 2.05) is 20.0 Å². The molecule has 0 aliphatic carbocycles. The van der Waals surface area contributed by atoms with Crippen LogP contribution in [0.4, 0.5) is 0 Å². The lowest BCUT2D eigenvalue weighted by Crippen LogP contribution is -2.26. The van der Waals surface area contributed by atoms with Crippen molar-refractivity contribution in [3.05, 3.63) is 58.8 Å². The molecule has 4 heterocycles. The Bertz CT molecular complexity index is 1010. The molecule has 1 amide bonds. The number of hydrogen-bond donors (Lipinski definition) is 3. The first-order valence-electron chi connectivity index (χ1n) is 9.51. The first-order valence-corrected chi connectivity index (χ1v) is 9.51. The standard InChI is InChI=1S/C20H24N6O2/c1-12(2)18(27)19-25-24-17-4-3-14(11-26(17)19)20(28)23-9-13-7-15-10-21-6-5-16(15)22-8-13/h3-4,7-8,11-12,18,21,27H,5-6,9-10H2,1-2H3,(H,23,28). The van der Waals surface area contributed by atoms with E-state index in [0.717, 1.165) is 30.8 Å². The third kappa shape index (κ3) is 3.61. The number of aromatic nitrogens is 4. The number of hydrogen-bond acceptors (Lipinski definition) is 6. The van der Waals surface area contributed by atoms with Gasteiger partial charge in [0.2, 0.25) is 0 Å². The Morgan fingerprint density at radius 1 is 1.36 bits per heavy atom. The summed E-state index contributed by atoms with van der Waals surface area (Å²) in [6.07, 6.45) is 3.68. The van der Waals surface area contributed by atoms with Crippen molar-refractivity contribution < 1.29 is 9.90 Å². The van der Waals surface area contributed by atoms with Crippen molar-refractivity contribution in [2.24, 2.45) is 5.92 Å². The summed E-state index contributed by atoms with van der Waals surface area (Å²) in [5.41, 5.74) is 4.37. The molecule has 0 saturated heterocycles. The van der Waals surface area contributed by atoms with Crippen molar-refractivity contribution in [1.82, 2.24) is 30.2 Å². The third-order valence-electron chi connectivity index (χ3n) is 5.01. The van der Waals surface area contributed by atoms with E-state index < -0.39 is 6.10 Å². The second kappa shape index (κ2) is 7.65. The zero-order chi connectivity index (χ0) is 19.7. The smallest absolute Gasteiger partial charge is 0.253 e.